The Bertz CT molecular complexity index is 1010. The van der Waals surface area contributed by atoms with Crippen LogP contribution in [0.25, 0.3) is 0 Å². The lowest BCUT2D eigenvalue weighted by atomic mass is 9.86. The standard InChI is InChI=1S/C24H34N2O3S/c1-16-9-10-17(2)22(15-16)26(30(8,28)29)19(4)23(27)25-18(3)20-11-13-21(14-12-20)24(5,6)7/h9-15,18-19H,1-8H3,(H,25,27)/t18-,19+/m1/s1. The third-order valence-corrected chi connectivity index (χ3v) is 6.55. The van der Waals surface area contributed by atoms with E-state index in [1.165, 1.54) is 9.87 Å². The minimum atomic E-state index is -3.65. The fourth-order valence-corrected chi connectivity index (χ4v) is 4.65. The van der Waals surface area contributed by atoms with E-state index in [4.69, 9.17) is 0 Å². The molecule has 0 radical (unpaired) electrons. The molecule has 1 amide bonds. The molecule has 0 fully saturated rings. The number of carbonyl (C=O) groups excluding carboxylic acids is 1. The molecule has 0 spiro atoms. The number of hydrogen-bond acceptors (Lipinski definition) is 3. The van der Waals surface area contributed by atoms with Gasteiger partial charge in [-0.3, -0.25) is 9.10 Å². The second kappa shape index (κ2) is 8.80. The molecular weight excluding hydrogens is 396 g/mol. The van der Waals surface area contributed by atoms with Gasteiger partial charge in [-0.25, -0.2) is 8.42 Å². The van der Waals surface area contributed by atoms with Crippen LogP contribution in [-0.4, -0.2) is 26.6 Å². The van der Waals surface area contributed by atoms with Crippen molar-refractivity contribution in [2.24, 2.45) is 0 Å². The monoisotopic (exact) mass is 430 g/mol. The summed E-state index contributed by atoms with van der Waals surface area (Å²) in [5.74, 6) is -0.339. The predicted octanol–water partition coefficient (Wildman–Crippen LogP) is 4.63. The number of aryl methyl sites for hydroxylation is 2. The SMILES string of the molecule is Cc1ccc(C)c(N([C@@H](C)C(=O)N[C@H](C)c2ccc(C(C)(C)C)cc2)S(C)(=O)=O)c1. The third-order valence-electron chi connectivity index (χ3n) is 5.33. The minimum absolute atomic E-state index is 0.0567. The van der Waals surface area contributed by atoms with E-state index in [0.29, 0.717) is 5.69 Å². The van der Waals surface area contributed by atoms with Crippen LogP contribution in [0.2, 0.25) is 0 Å². The van der Waals surface area contributed by atoms with Crippen LogP contribution in [0, 0.1) is 13.8 Å². The summed E-state index contributed by atoms with van der Waals surface area (Å²) in [5, 5.41) is 2.97. The molecule has 6 heteroatoms. The lowest BCUT2D eigenvalue weighted by Gasteiger charge is -2.30. The van der Waals surface area contributed by atoms with E-state index in [9.17, 15) is 13.2 Å². The summed E-state index contributed by atoms with van der Waals surface area (Å²) < 4.78 is 26.4. The van der Waals surface area contributed by atoms with Gasteiger partial charge in [0, 0.05) is 0 Å². The van der Waals surface area contributed by atoms with E-state index < -0.39 is 16.1 Å². The van der Waals surface area contributed by atoms with Crippen LogP contribution in [0.15, 0.2) is 42.5 Å². The molecule has 0 aromatic heterocycles. The van der Waals surface area contributed by atoms with Gasteiger partial charge in [0.05, 0.1) is 18.0 Å². The number of rotatable bonds is 6. The zero-order valence-corrected chi connectivity index (χ0v) is 20.1. The quantitative estimate of drug-likeness (QED) is 0.726. The highest BCUT2D eigenvalue weighted by molar-refractivity contribution is 7.92. The zero-order valence-electron chi connectivity index (χ0n) is 19.3. The Morgan fingerprint density at radius 1 is 1.00 bits per heavy atom. The predicted molar refractivity (Wildman–Crippen MR) is 124 cm³/mol. The van der Waals surface area contributed by atoms with Gasteiger partial charge < -0.3 is 5.32 Å². The summed E-state index contributed by atoms with van der Waals surface area (Å²) in [7, 11) is -3.65. The first-order chi connectivity index (χ1) is 13.7. The largest absolute Gasteiger partial charge is 0.348 e. The molecule has 0 aliphatic heterocycles. The van der Waals surface area contributed by atoms with E-state index in [1.807, 2.05) is 45.0 Å². The molecule has 0 aliphatic rings. The molecule has 0 unspecified atom stereocenters. The lowest BCUT2D eigenvalue weighted by Crippen LogP contribution is -2.48. The summed E-state index contributed by atoms with van der Waals surface area (Å²) in [4.78, 5) is 13.0. The van der Waals surface area contributed by atoms with Crippen LogP contribution < -0.4 is 9.62 Å². The number of carbonyl (C=O) groups is 1. The average Bonchev–Trinajstić information content (AvgIpc) is 2.62. The normalized spacial score (nSPS) is 14.1. The van der Waals surface area contributed by atoms with E-state index in [-0.39, 0.29) is 17.4 Å². The zero-order chi connectivity index (χ0) is 22.9. The maximum atomic E-state index is 13.0. The van der Waals surface area contributed by atoms with Crippen LogP contribution in [0.4, 0.5) is 5.69 Å². The van der Waals surface area contributed by atoms with Gasteiger partial charge in [0.2, 0.25) is 15.9 Å². The summed E-state index contributed by atoms with van der Waals surface area (Å²) in [5.41, 5.74) is 4.52. The highest BCUT2D eigenvalue weighted by Gasteiger charge is 2.31. The van der Waals surface area contributed by atoms with Crippen LogP contribution in [-0.2, 0) is 20.2 Å². The Kier molecular flexibility index (Phi) is 7.02. The van der Waals surface area contributed by atoms with Crippen molar-refractivity contribution in [3.05, 3.63) is 64.7 Å². The summed E-state index contributed by atoms with van der Waals surface area (Å²) >= 11 is 0. The molecule has 30 heavy (non-hydrogen) atoms. The molecule has 2 atom stereocenters. The fraction of sp³-hybridized carbons (Fsp3) is 0.458. The van der Waals surface area contributed by atoms with Gasteiger partial charge in [0.25, 0.3) is 0 Å². The number of hydrogen-bond donors (Lipinski definition) is 1. The minimum Gasteiger partial charge on any atom is -0.348 e. The molecule has 0 bridgehead atoms. The highest BCUT2D eigenvalue weighted by atomic mass is 32.2. The van der Waals surface area contributed by atoms with Gasteiger partial charge in [-0.05, 0) is 61.4 Å². The fourth-order valence-electron chi connectivity index (χ4n) is 3.43. The first kappa shape index (κ1) is 23.9. The second-order valence-corrected chi connectivity index (χ2v) is 11.0. The van der Waals surface area contributed by atoms with Gasteiger partial charge in [-0.1, -0.05) is 57.2 Å². The highest BCUT2D eigenvalue weighted by Crippen LogP contribution is 2.27. The van der Waals surface area contributed by atoms with E-state index in [1.54, 1.807) is 13.0 Å². The second-order valence-electron chi connectivity index (χ2n) is 9.13. The number of anilines is 1. The van der Waals surface area contributed by atoms with Gasteiger partial charge >= 0.3 is 0 Å². The van der Waals surface area contributed by atoms with E-state index in [0.717, 1.165) is 22.9 Å². The van der Waals surface area contributed by atoms with Gasteiger partial charge in [-0.2, -0.15) is 0 Å². The smallest absolute Gasteiger partial charge is 0.244 e. The van der Waals surface area contributed by atoms with Crippen LogP contribution in [0.3, 0.4) is 0 Å². The molecule has 0 saturated carbocycles. The molecular formula is C24H34N2O3S. The Balaban J connectivity index is 2.26. The molecule has 5 nitrogen and oxygen atoms in total. The lowest BCUT2D eigenvalue weighted by molar-refractivity contribution is -0.122. The summed E-state index contributed by atoms with van der Waals surface area (Å²) in [6, 6.07) is 12.6. The van der Waals surface area contributed by atoms with E-state index in [2.05, 4.69) is 38.2 Å². The Labute approximate surface area is 181 Å². The van der Waals surface area contributed by atoms with Crippen molar-refractivity contribution in [1.29, 1.82) is 0 Å². The maximum Gasteiger partial charge on any atom is 0.244 e. The van der Waals surface area contributed by atoms with Gasteiger partial charge in [-0.15, -0.1) is 0 Å². The molecule has 164 valence electrons. The number of nitrogens with one attached hydrogen (secondary N) is 1. The van der Waals surface area contributed by atoms with Crippen LogP contribution >= 0.6 is 0 Å². The Morgan fingerprint density at radius 2 is 1.57 bits per heavy atom. The van der Waals surface area contributed by atoms with Gasteiger partial charge in [0.15, 0.2) is 0 Å². The van der Waals surface area contributed by atoms with Crippen molar-refractivity contribution in [3.8, 4) is 0 Å². The molecule has 2 rings (SSSR count). The van der Waals surface area contributed by atoms with Gasteiger partial charge in [0.1, 0.15) is 6.04 Å². The number of benzene rings is 2. The van der Waals surface area contributed by atoms with Crippen molar-refractivity contribution >= 4 is 21.6 Å². The molecule has 0 aliphatic carbocycles. The summed E-state index contributed by atoms with van der Waals surface area (Å²) in [6.45, 7) is 13.7. The van der Waals surface area contributed by atoms with Crippen molar-refractivity contribution in [2.45, 2.75) is 66.0 Å². The molecule has 2 aromatic carbocycles. The van der Waals surface area contributed by atoms with Crippen molar-refractivity contribution in [2.75, 3.05) is 10.6 Å². The maximum absolute atomic E-state index is 13.0. The molecule has 1 N–H and O–H groups in total. The number of amides is 1. The average molecular weight is 431 g/mol. The third kappa shape index (κ3) is 5.63. The first-order valence-electron chi connectivity index (χ1n) is 10.2. The molecule has 0 heterocycles. The van der Waals surface area contributed by atoms with Crippen molar-refractivity contribution in [3.63, 3.8) is 0 Å². The number of sulfonamides is 1. The topological polar surface area (TPSA) is 66.5 Å². The molecule has 2 aromatic rings. The van der Waals surface area contributed by atoms with E-state index >= 15 is 0 Å². The van der Waals surface area contributed by atoms with Crippen molar-refractivity contribution in [1.82, 2.24) is 5.32 Å². The first-order valence-corrected chi connectivity index (χ1v) is 12.0. The van der Waals surface area contributed by atoms with Crippen LogP contribution in [0.5, 0.6) is 0 Å². The molecule has 0 saturated heterocycles. The number of nitrogens with zero attached hydrogens (tertiary/aromatic N) is 1. The van der Waals surface area contributed by atoms with Crippen molar-refractivity contribution < 1.29 is 13.2 Å². The summed E-state index contributed by atoms with van der Waals surface area (Å²) in [6.07, 6.45) is 1.13. The Hall–Kier alpha value is -2.34. The Morgan fingerprint density at radius 3 is 2.07 bits per heavy atom. The van der Waals surface area contributed by atoms with Crippen LogP contribution in [0.1, 0.15) is 62.9 Å².